The number of anilines is 2. The summed E-state index contributed by atoms with van der Waals surface area (Å²) in [5, 5.41) is 6.07. The van der Waals surface area contributed by atoms with Gasteiger partial charge in [0.15, 0.2) is 0 Å². The van der Waals surface area contributed by atoms with Crippen molar-refractivity contribution in [3.8, 4) is 5.75 Å². The summed E-state index contributed by atoms with van der Waals surface area (Å²) < 4.78 is 5.76. The van der Waals surface area contributed by atoms with Gasteiger partial charge in [-0.1, -0.05) is 38.3 Å². The number of aryl methyl sites for hydroxylation is 2. The average molecular weight is 354 g/mol. The minimum Gasteiger partial charge on any atom is -0.494 e. The van der Waals surface area contributed by atoms with E-state index in [4.69, 9.17) is 4.74 Å². The van der Waals surface area contributed by atoms with E-state index in [0.29, 0.717) is 6.61 Å². The molecule has 0 atom stereocenters. The molecule has 1 amide bonds. The van der Waals surface area contributed by atoms with Crippen LogP contribution in [0, 0.1) is 13.8 Å². The Kier molecular flexibility index (Phi) is 8.00. The van der Waals surface area contributed by atoms with Gasteiger partial charge in [0, 0.05) is 17.4 Å². The monoisotopic (exact) mass is 354 g/mol. The molecule has 0 saturated carbocycles. The predicted octanol–water partition coefficient (Wildman–Crippen LogP) is 5.31. The quantitative estimate of drug-likeness (QED) is 0.568. The van der Waals surface area contributed by atoms with Gasteiger partial charge in [-0.2, -0.15) is 0 Å². The van der Waals surface area contributed by atoms with Crippen molar-refractivity contribution in [2.75, 3.05) is 23.8 Å². The standard InChI is InChI=1S/C22H30N2O2/c1-4-5-6-7-13-26-21-10-8-9-20(15-21)24-22(25)16-23-19-12-11-17(2)18(3)14-19/h8-12,14-15,23H,4-7,13,16H2,1-3H3,(H,24,25). The van der Waals surface area contributed by atoms with Crippen molar-refractivity contribution in [3.05, 3.63) is 53.6 Å². The SMILES string of the molecule is CCCCCCOc1cccc(NC(=O)CNc2ccc(C)c(C)c2)c1. The Morgan fingerprint density at radius 1 is 0.962 bits per heavy atom. The van der Waals surface area contributed by atoms with Crippen molar-refractivity contribution < 1.29 is 9.53 Å². The normalized spacial score (nSPS) is 10.4. The first-order chi connectivity index (χ1) is 12.6. The predicted molar refractivity (Wildman–Crippen MR) is 109 cm³/mol. The van der Waals surface area contributed by atoms with E-state index in [1.807, 2.05) is 30.3 Å². The molecule has 26 heavy (non-hydrogen) atoms. The lowest BCUT2D eigenvalue weighted by atomic mass is 10.1. The Bertz CT molecular complexity index is 713. The summed E-state index contributed by atoms with van der Waals surface area (Å²) in [6, 6.07) is 13.7. The van der Waals surface area contributed by atoms with Crippen LogP contribution >= 0.6 is 0 Å². The molecule has 2 aromatic carbocycles. The Morgan fingerprint density at radius 3 is 2.58 bits per heavy atom. The number of benzene rings is 2. The number of ether oxygens (including phenoxy) is 1. The zero-order chi connectivity index (χ0) is 18.8. The second-order valence-electron chi connectivity index (χ2n) is 6.64. The molecule has 2 N–H and O–H groups in total. The highest BCUT2D eigenvalue weighted by Gasteiger charge is 2.04. The molecule has 0 saturated heterocycles. The first-order valence-electron chi connectivity index (χ1n) is 9.42. The van der Waals surface area contributed by atoms with E-state index in [0.717, 1.165) is 23.5 Å². The molecule has 4 nitrogen and oxygen atoms in total. The third-order valence-corrected chi connectivity index (χ3v) is 4.34. The van der Waals surface area contributed by atoms with E-state index in [1.54, 1.807) is 0 Å². The Labute approximate surface area is 157 Å². The lowest BCUT2D eigenvalue weighted by Gasteiger charge is -2.11. The molecule has 0 aliphatic carbocycles. The average Bonchev–Trinajstić information content (AvgIpc) is 2.63. The highest BCUT2D eigenvalue weighted by molar-refractivity contribution is 5.93. The van der Waals surface area contributed by atoms with Crippen LogP contribution in [0.1, 0.15) is 43.7 Å². The van der Waals surface area contributed by atoms with Crippen LogP contribution in [0.15, 0.2) is 42.5 Å². The molecule has 0 aliphatic heterocycles. The molecule has 140 valence electrons. The Balaban J connectivity index is 1.79. The maximum atomic E-state index is 12.2. The number of hydrogen-bond acceptors (Lipinski definition) is 3. The minimum absolute atomic E-state index is 0.0803. The fraction of sp³-hybridized carbons (Fsp3) is 0.409. The van der Waals surface area contributed by atoms with Crippen LogP contribution in [0.25, 0.3) is 0 Å². The number of rotatable bonds is 10. The zero-order valence-electron chi connectivity index (χ0n) is 16.1. The van der Waals surface area contributed by atoms with Crippen molar-refractivity contribution in [3.63, 3.8) is 0 Å². The van der Waals surface area contributed by atoms with Gasteiger partial charge in [0.1, 0.15) is 5.75 Å². The van der Waals surface area contributed by atoms with Gasteiger partial charge < -0.3 is 15.4 Å². The lowest BCUT2D eigenvalue weighted by Crippen LogP contribution is -2.21. The van der Waals surface area contributed by atoms with E-state index in [-0.39, 0.29) is 12.5 Å². The second-order valence-corrected chi connectivity index (χ2v) is 6.64. The number of nitrogens with one attached hydrogen (secondary N) is 2. The topological polar surface area (TPSA) is 50.4 Å². The second kappa shape index (κ2) is 10.5. The largest absolute Gasteiger partial charge is 0.494 e. The van der Waals surface area contributed by atoms with Crippen molar-refractivity contribution in [2.24, 2.45) is 0 Å². The summed E-state index contributed by atoms with van der Waals surface area (Å²) in [6.45, 7) is 7.28. The molecule has 0 fully saturated rings. The number of hydrogen-bond donors (Lipinski definition) is 2. The van der Waals surface area contributed by atoms with Crippen LogP contribution < -0.4 is 15.4 Å². The maximum absolute atomic E-state index is 12.2. The van der Waals surface area contributed by atoms with E-state index < -0.39 is 0 Å². The highest BCUT2D eigenvalue weighted by atomic mass is 16.5. The fourth-order valence-corrected chi connectivity index (χ4v) is 2.62. The zero-order valence-corrected chi connectivity index (χ0v) is 16.1. The molecule has 0 unspecified atom stereocenters. The number of amides is 1. The smallest absolute Gasteiger partial charge is 0.243 e. The summed E-state index contributed by atoms with van der Waals surface area (Å²) in [4.78, 5) is 12.2. The van der Waals surface area contributed by atoms with Gasteiger partial charge in [0.25, 0.3) is 0 Å². The molecule has 0 radical (unpaired) electrons. The molecule has 0 aliphatic rings. The van der Waals surface area contributed by atoms with Gasteiger partial charge in [-0.05, 0) is 55.7 Å². The van der Waals surface area contributed by atoms with Gasteiger partial charge in [0.05, 0.1) is 13.2 Å². The number of unbranched alkanes of at least 4 members (excludes halogenated alkanes) is 3. The third kappa shape index (κ3) is 6.79. The lowest BCUT2D eigenvalue weighted by molar-refractivity contribution is -0.114. The first kappa shape index (κ1) is 19.8. The number of carbonyl (C=O) groups excluding carboxylic acids is 1. The molecule has 0 spiro atoms. The van der Waals surface area contributed by atoms with E-state index >= 15 is 0 Å². The molecular weight excluding hydrogens is 324 g/mol. The van der Waals surface area contributed by atoms with Gasteiger partial charge in [-0.3, -0.25) is 4.79 Å². The molecule has 0 bridgehead atoms. The molecule has 0 heterocycles. The van der Waals surface area contributed by atoms with Crippen LogP contribution in [0.3, 0.4) is 0 Å². The molecule has 0 aromatic heterocycles. The van der Waals surface area contributed by atoms with Crippen LogP contribution in [-0.2, 0) is 4.79 Å². The third-order valence-electron chi connectivity index (χ3n) is 4.34. The van der Waals surface area contributed by atoms with Gasteiger partial charge in [-0.15, -0.1) is 0 Å². The minimum atomic E-state index is -0.0803. The van der Waals surface area contributed by atoms with E-state index in [9.17, 15) is 4.79 Å². The van der Waals surface area contributed by atoms with Gasteiger partial charge in [-0.25, -0.2) is 0 Å². The van der Waals surface area contributed by atoms with Crippen molar-refractivity contribution in [1.29, 1.82) is 0 Å². The van der Waals surface area contributed by atoms with Crippen molar-refractivity contribution >= 4 is 17.3 Å². The van der Waals surface area contributed by atoms with Crippen LogP contribution in [-0.4, -0.2) is 19.1 Å². The molecule has 2 aromatic rings. The van der Waals surface area contributed by atoms with E-state index in [1.165, 1.54) is 30.4 Å². The van der Waals surface area contributed by atoms with Crippen LogP contribution in [0.5, 0.6) is 5.75 Å². The van der Waals surface area contributed by atoms with Crippen LogP contribution in [0.2, 0.25) is 0 Å². The summed E-state index contributed by atoms with van der Waals surface area (Å²) in [5.41, 5.74) is 4.15. The van der Waals surface area contributed by atoms with Crippen molar-refractivity contribution in [2.45, 2.75) is 46.5 Å². The fourth-order valence-electron chi connectivity index (χ4n) is 2.62. The Hall–Kier alpha value is -2.49. The van der Waals surface area contributed by atoms with Gasteiger partial charge >= 0.3 is 0 Å². The van der Waals surface area contributed by atoms with Crippen LogP contribution in [0.4, 0.5) is 11.4 Å². The maximum Gasteiger partial charge on any atom is 0.243 e. The molecular formula is C22H30N2O2. The van der Waals surface area contributed by atoms with Crippen molar-refractivity contribution in [1.82, 2.24) is 0 Å². The summed E-state index contributed by atoms with van der Waals surface area (Å²) in [6.07, 6.45) is 4.71. The van der Waals surface area contributed by atoms with Gasteiger partial charge in [0.2, 0.25) is 5.91 Å². The number of carbonyl (C=O) groups is 1. The van der Waals surface area contributed by atoms with E-state index in [2.05, 4.69) is 43.5 Å². The summed E-state index contributed by atoms with van der Waals surface area (Å²) in [7, 11) is 0. The highest BCUT2D eigenvalue weighted by Crippen LogP contribution is 2.18. The Morgan fingerprint density at radius 2 is 1.81 bits per heavy atom. The molecule has 4 heteroatoms. The summed E-state index contributed by atoms with van der Waals surface area (Å²) >= 11 is 0. The molecule has 2 rings (SSSR count). The first-order valence-corrected chi connectivity index (χ1v) is 9.42. The summed E-state index contributed by atoms with van der Waals surface area (Å²) in [5.74, 6) is 0.713.